The van der Waals surface area contributed by atoms with Crippen LogP contribution in [0, 0.1) is 6.92 Å². The van der Waals surface area contributed by atoms with Gasteiger partial charge in [-0.1, -0.05) is 35.9 Å². The lowest BCUT2D eigenvalue weighted by Crippen LogP contribution is -2.03. The van der Waals surface area contributed by atoms with Gasteiger partial charge in [-0.3, -0.25) is 4.98 Å². The quantitative estimate of drug-likeness (QED) is 0.624. The molecule has 3 heterocycles. The molecule has 5 nitrogen and oxygen atoms in total. The Kier molecular flexibility index (Phi) is 3.67. The molecule has 0 amide bonds. The second-order valence-corrected chi connectivity index (χ2v) is 5.72. The highest BCUT2D eigenvalue weighted by molar-refractivity contribution is 5.77. The molecule has 0 bridgehead atoms. The molecule has 0 fully saturated rings. The van der Waals surface area contributed by atoms with Crippen LogP contribution >= 0.6 is 0 Å². The molecule has 0 atom stereocenters. The third-order valence-corrected chi connectivity index (χ3v) is 3.93. The van der Waals surface area contributed by atoms with Crippen LogP contribution in [0.3, 0.4) is 0 Å². The number of aryl methyl sites for hydroxylation is 1. The van der Waals surface area contributed by atoms with Crippen molar-refractivity contribution < 1.29 is 0 Å². The molecule has 118 valence electrons. The van der Waals surface area contributed by atoms with Gasteiger partial charge in [0.05, 0.1) is 6.20 Å². The first-order valence-corrected chi connectivity index (χ1v) is 7.84. The van der Waals surface area contributed by atoms with E-state index in [1.165, 1.54) is 5.56 Å². The van der Waals surface area contributed by atoms with E-state index >= 15 is 0 Å². The number of hydrogen-bond donors (Lipinski definition) is 1. The third kappa shape index (κ3) is 2.84. The summed E-state index contributed by atoms with van der Waals surface area (Å²) in [7, 11) is 0. The number of benzene rings is 1. The molecule has 0 aliphatic rings. The Bertz CT molecular complexity index is 958. The number of fused-ring (bicyclic) bond motifs is 1. The molecule has 1 N–H and O–H groups in total. The predicted octanol–water partition coefficient (Wildman–Crippen LogP) is 3.71. The van der Waals surface area contributed by atoms with Gasteiger partial charge in [-0.25, -0.2) is 9.50 Å². The molecule has 4 rings (SSSR count). The summed E-state index contributed by atoms with van der Waals surface area (Å²) < 4.78 is 1.80. The van der Waals surface area contributed by atoms with Crippen LogP contribution in [0.25, 0.3) is 16.8 Å². The molecule has 0 spiro atoms. The van der Waals surface area contributed by atoms with E-state index in [1.807, 2.05) is 36.8 Å². The fraction of sp³-hybridized carbons (Fsp3) is 0.105. The molecule has 0 unspecified atom stereocenters. The lowest BCUT2D eigenvalue weighted by molar-refractivity contribution is 0.936. The Hall–Kier alpha value is -3.21. The van der Waals surface area contributed by atoms with Crippen LogP contribution in [0.2, 0.25) is 0 Å². The first-order valence-electron chi connectivity index (χ1n) is 7.84. The van der Waals surface area contributed by atoms with Crippen molar-refractivity contribution in [2.24, 2.45) is 0 Å². The van der Waals surface area contributed by atoms with Crippen LogP contribution in [-0.2, 0) is 6.54 Å². The third-order valence-electron chi connectivity index (χ3n) is 3.93. The average Bonchev–Trinajstić information content (AvgIpc) is 3.05. The van der Waals surface area contributed by atoms with Crippen molar-refractivity contribution in [2.75, 3.05) is 5.32 Å². The number of rotatable bonds is 4. The molecule has 0 aliphatic heterocycles. The Balaban J connectivity index is 1.64. The predicted molar refractivity (Wildman–Crippen MR) is 94.7 cm³/mol. The Morgan fingerprint density at radius 3 is 2.71 bits per heavy atom. The monoisotopic (exact) mass is 315 g/mol. The van der Waals surface area contributed by atoms with E-state index in [9.17, 15) is 0 Å². The van der Waals surface area contributed by atoms with Crippen LogP contribution in [0.5, 0.6) is 0 Å². The van der Waals surface area contributed by atoms with Crippen molar-refractivity contribution in [2.45, 2.75) is 13.5 Å². The molecule has 3 aromatic heterocycles. The van der Waals surface area contributed by atoms with E-state index in [-0.39, 0.29) is 0 Å². The second kappa shape index (κ2) is 6.12. The largest absolute Gasteiger partial charge is 0.366 e. The summed E-state index contributed by atoms with van der Waals surface area (Å²) in [6, 6.07) is 14.3. The Morgan fingerprint density at radius 2 is 1.92 bits per heavy atom. The summed E-state index contributed by atoms with van der Waals surface area (Å²) in [5.41, 5.74) is 5.34. The topological polar surface area (TPSA) is 55.1 Å². The normalized spacial score (nSPS) is 10.9. The van der Waals surface area contributed by atoms with Crippen LogP contribution in [0.4, 0.5) is 5.82 Å². The Morgan fingerprint density at radius 1 is 1.04 bits per heavy atom. The van der Waals surface area contributed by atoms with Crippen LogP contribution < -0.4 is 5.32 Å². The highest BCUT2D eigenvalue weighted by Crippen LogP contribution is 2.24. The average molecular weight is 315 g/mol. The fourth-order valence-electron chi connectivity index (χ4n) is 2.60. The molecule has 5 heteroatoms. The molecular weight excluding hydrogens is 298 g/mol. The van der Waals surface area contributed by atoms with Gasteiger partial charge in [0.1, 0.15) is 5.82 Å². The fourth-order valence-corrected chi connectivity index (χ4v) is 2.60. The van der Waals surface area contributed by atoms with Crippen molar-refractivity contribution in [1.29, 1.82) is 0 Å². The van der Waals surface area contributed by atoms with Gasteiger partial charge >= 0.3 is 0 Å². The molecule has 24 heavy (non-hydrogen) atoms. The summed E-state index contributed by atoms with van der Waals surface area (Å²) >= 11 is 0. The zero-order valence-corrected chi connectivity index (χ0v) is 13.3. The van der Waals surface area contributed by atoms with Gasteiger partial charge in [-0.15, -0.1) is 0 Å². The summed E-state index contributed by atoms with van der Waals surface area (Å²) in [5.74, 6) is 0.820. The molecule has 0 saturated carbocycles. The summed E-state index contributed by atoms with van der Waals surface area (Å²) in [4.78, 5) is 8.84. The summed E-state index contributed by atoms with van der Waals surface area (Å²) in [6.07, 6.45) is 7.40. The van der Waals surface area contributed by atoms with E-state index in [4.69, 9.17) is 4.98 Å². The number of anilines is 1. The van der Waals surface area contributed by atoms with Crippen molar-refractivity contribution in [1.82, 2.24) is 19.6 Å². The van der Waals surface area contributed by atoms with E-state index in [1.54, 1.807) is 10.7 Å². The molecule has 0 radical (unpaired) electrons. The van der Waals surface area contributed by atoms with Gasteiger partial charge < -0.3 is 5.32 Å². The molecule has 4 aromatic rings. The van der Waals surface area contributed by atoms with Gasteiger partial charge in [-0.2, -0.15) is 5.10 Å². The smallest absolute Gasteiger partial charge is 0.165 e. The van der Waals surface area contributed by atoms with Gasteiger partial charge in [-0.05, 0) is 30.2 Å². The number of nitrogens with one attached hydrogen (secondary N) is 1. The second-order valence-electron chi connectivity index (χ2n) is 5.72. The number of hydrogen-bond acceptors (Lipinski definition) is 4. The highest BCUT2D eigenvalue weighted by Gasteiger charge is 2.09. The SMILES string of the molecule is Cc1ccc(-c2cnn3ccc(NCc4cccnc4)nc23)cc1. The zero-order chi connectivity index (χ0) is 16.4. The van der Waals surface area contributed by atoms with Gasteiger partial charge in [0.25, 0.3) is 0 Å². The molecule has 0 aliphatic carbocycles. The minimum absolute atomic E-state index is 0.686. The summed E-state index contributed by atoms with van der Waals surface area (Å²) in [5, 5.41) is 7.73. The van der Waals surface area contributed by atoms with Crippen molar-refractivity contribution in [3.05, 3.63) is 78.4 Å². The van der Waals surface area contributed by atoms with E-state index in [2.05, 4.69) is 46.6 Å². The molecule has 1 aromatic carbocycles. The maximum Gasteiger partial charge on any atom is 0.165 e. The highest BCUT2D eigenvalue weighted by atomic mass is 15.2. The van der Waals surface area contributed by atoms with E-state index in [0.29, 0.717) is 6.54 Å². The molecular formula is C19H17N5. The lowest BCUT2D eigenvalue weighted by Gasteiger charge is -2.06. The van der Waals surface area contributed by atoms with Crippen LogP contribution in [0.1, 0.15) is 11.1 Å². The van der Waals surface area contributed by atoms with Gasteiger partial charge in [0, 0.05) is 30.7 Å². The van der Waals surface area contributed by atoms with Crippen molar-refractivity contribution in [3.8, 4) is 11.1 Å². The van der Waals surface area contributed by atoms with E-state index in [0.717, 1.165) is 28.2 Å². The first kappa shape index (κ1) is 14.4. The van der Waals surface area contributed by atoms with Gasteiger partial charge in [0.15, 0.2) is 5.65 Å². The minimum Gasteiger partial charge on any atom is -0.366 e. The molecule has 0 saturated heterocycles. The minimum atomic E-state index is 0.686. The first-order chi connectivity index (χ1) is 11.8. The van der Waals surface area contributed by atoms with E-state index < -0.39 is 0 Å². The maximum atomic E-state index is 4.72. The zero-order valence-electron chi connectivity index (χ0n) is 13.3. The van der Waals surface area contributed by atoms with Crippen LogP contribution in [0.15, 0.2) is 67.3 Å². The van der Waals surface area contributed by atoms with Crippen LogP contribution in [-0.4, -0.2) is 19.6 Å². The van der Waals surface area contributed by atoms with Gasteiger partial charge in [0.2, 0.25) is 0 Å². The lowest BCUT2D eigenvalue weighted by atomic mass is 10.1. The summed E-state index contributed by atoms with van der Waals surface area (Å²) in [6.45, 7) is 2.77. The number of nitrogens with zero attached hydrogens (tertiary/aromatic N) is 4. The van der Waals surface area contributed by atoms with Crippen molar-refractivity contribution >= 4 is 11.5 Å². The number of aromatic nitrogens is 4. The Labute approximate surface area is 140 Å². The standard InChI is InChI=1S/C19H17N5/c1-14-4-6-16(7-5-14)17-13-22-24-10-8-18(23-19(17)24)21-12-15-3-2-9-20-11-15/h2-11,13H,12H2,1H3,(H,21,23). The van der Waals surface area contributed by atoms with Crippen molar-refractivity contribution in [3.63, 3.8) is 0 Å². The maximum absolute atomic E-state index is 4.72. The number of pyridine rings is 1.